The zero-order valence-corrected chi connectivity index (χ0v) is 18.9. The van der Waals surface area contributed by atoms with Gasteiger partial charge in [0.05, 0.1) is 0 Å². The van der Waals surface area contributed by atoms with Crippen LogP contribution in [0.1, 0.15) is 70.4 Å². The third-order valence-electron chi connectivity index (χ3n) is 6.37. The van der Waals surface area contributed by atoms with Crippen molar-refractivity contribution in [2.24, 2.45) is 0 Å². The molecule has 1 aromatic rings. The molecular formula is C26H39N3O. The van der Waals surface area contributed by atoms with E-state index in [0.717, 1.165) is 58.3 Å². The zero-order chi connectivity index (χ0) is 21.2. The standard InChI is InChI=1S/C26H39N3O/c1-3-5-12-22(11-4-2)21-25(23-13-7-6-8-14-23)28-17-19-29(20-18-28)26(30)27-24-15-9-10-16-24/h5-8,11-14,24-25H,3-4,9-10,15-21H2,1-2H3,(H,27,30)/b12-5-,22-11+. The van der Waals surface area contributed by atoms with Crippen LogP contribution in [0, 0.1) is 0 Å². The number of nitrogens with one attached hydrogen (secondary N) is 1. The van der Waals surface area contributed by atoms with E-state index in [-0.39, 0.29) is 6.03 Å². The van der Waals surface area contributed by atoms with Crippen LogP contribution in [0.2, 0.25) is 0 Å². The summed E-state index contributed by atoms with van der Waals surface area (Å²) in [5, 5.41) is 3.25. The van der Waals surface area contributed by atoms with Gasteiger partial charge < -0.3 is 10.2 Å². The Balaban J connectivity index is 1.65. The van der Waals surface area contributed by atoms with Crippen LogP contribution in [0.3, 0.4) is 0 Å². The number of urea groups is 1. The van der Waals surface area contributed by atoms with Gasteiger partial charge >= 0.3 is 6.03 Å². The number of benzene rings is 1. The van der Waals surface area contributed by atoms with Gasteiger partial charge in [0, 0.05) is 38.3 Å². The van der Waals surface area contributed by atoms with Crippen LogP contribution in [0.15, 0.2) is 54.1 Å². The third kappa shape index (κ3) is 6.46. The molecule has 2 fully saturated rings. The van der Waals surface area contributed by atoms with E-state index in [2.05, 4.69) is 72.6 Å². The van der Waals surface area contributed by atoms with E-state index in [4.69, 9.17) is 0 Å². The molecule has 4 heteroatoms. The third-order valence-corrected chi connectivity index (χ3v) is 6.37. The fourth-order valence-corrected chi connectivity index (χ4v) is 4.68. The first-order chi connectivity index (χ1) is 14.7. The van der Waals surface area contributed by atoms with Crippen LogP contribution in [-0.2, 0) is 0 Å². The van der Waals surface area contributed by atoms with Crippen molar-refractivity contribution in [1.29, 1.82) is 0 Å². The van der Waals surface area contributed by atoms with Gasteiger partial charge in [-0.1, -0.05) is 80.8 Å². The predicted octanol–water partition coefficient (Wildman–Crippen LogP) is 5.69. The molecule has 1 aliphatic heterocycles. The molecule has 1 saturated heterocycles. The lowest BCUT2D eigenvalue weighted by molar-refractivity contribution is 0.106. The summed E-state index contributed by atoms with van der Waals surface area (Å²) < 4.78 is 0. The number of carbonyl (C=O) groups excluding carboxylic acids is 1. The normalized spacial score (nSPS) is 20.1. The minimum absolute atomic E-state index is 0.134. The van der Waals surface area contributed by atoms with Crippen molar-refractivity contribution < 1.29 is 4.79 Å². The summed E-state index contributed by atoms with van der Waals surface area (Å²) in [7, 11) is 0. The Morgan fingerprint density at radius 2 is 1.77 bits per heavy atom. The molecule has 0 aromatic heterocycles. The molecule has 1 heterocycles. The van der Waals surface area contributed by atoms with Crippen LogP contribution >= 0.6 is 0 Å². The van der Waals surface area contributed by atoms with Gasteiger partial charge in [-0.15, -0.1) is 0 Å². The summed E-state index contributed by atoms with van der Waals surface area (Å²) in [6.45, 7) is 7.85. The molecule has 0 bridgehead atoms. The highest BCUT2D eigenvalue weighted by Gasteiger charge is 2.28. The second kappa shape index (κ2) is 11.9. The summed E-state index contributed by atoms with van der Waals surface area (Å²) >= 11 is 0. The fraction of sp³-hybridized carbons (Fsp3) is 0.577. The highest BCUT2D eigenvalue weighted by Crippen LogP contribution is 2.29. The molecule has 30 heavy (non-hydrogen) atoms. The molecule has 1 N–H and O–H groups in total. The molecule has 1 aromatic carbocycles. The number of nitrogens with zero attached hydrogens (tertiary/aromatic N) is 2. The lowest BCUT2D eigenvalue weighted by atomic mass is 9.95. The van der Waals surface area contributed by atoms with Gasteiger partial charge in [-0.3, -0.25) is 4.90 Å². The van der Waals surface area contributed by atoms with Crippen molar-refractivity contribution >= 4 is 6.03 Å². The van der Waals surface area contributed by atoms with Crippen LogP contribution in [-0.4, -0.2) is 48.1 Å². The molecule has 4 nitrogen and oxygen atoms in total. The number of piperazine rings is 1. The van der Waals surface area contributed by atoms with E-state index in [1.54, 1.807) is 0 Å². The van der Waals surface area contributed by atoms with E-state index < -0.39 is 0 Å². The van der Waals surface area contributed by atoms with Crippen LogP contribution in [0.25, 0.3) is 0 Å². The summed E-state index contributed by atoms with van der Waals surface area (Å²) in [6.07, 6.45) is 14.8. The highest BCUT2D eigenvalue weighted by atomic mass is 16.2. The molecular weight excluding hydrogens is 370 g/mol. The van der Waals surface area contributed by atoms with Crippen LogP contribution < -0.4 is 5.32 Å². The van der Waals surface area contributed by atoms with Gasteiger partial charge in [0.2, 0.25) is 0 Å². The first-order valence-corrected chi connectivity index (χ1v) is 11.9. The Bertz CT molecular complexity index is 698. The number of hydrogen-bond acceptors (Lipinski definition) is 2. The fourth-order valence-electron chi connectivity index (χ4n) is 4.68. The lowest BCUT2D eigenvalue weighted by Gasteiger charge is -2.40. The Morgan fingerprint density at radius 1 is 1.07 bits per heavy atom. The summed E-state index contributed by atoms with van der Waals surface area (Å²) in [4.78, 5) is 17.2. The van der Waals surface area contributed by atoms with Crippen molar-refractivity contribution in [3.05, 3.63) is 59.7 Å². The Kier molecular flexibility index (Phi) is 9.00. The average Bonchev–Trinajstić information content (AvgIpc) is 3.29. The van der Waals surface area contributed by atoms with Crippen molar-refractivity contribution in [3.8, 4) is 0 Å². The van der Waals surface area contributed by atoms with E-state index in [1.165, 1.54) is 24.0 Å². The Hall–Kier alpha value is -2.07. The van der Waals surface area contributed by atoms with Gasteiger partial charge in [0.15, 0.2) is 0 Å². The van der Waals surface area contributed by atoms with E-state index in [1.807, 2.05) is 4.90 Å². The summed E-state index contributed by atoms with van der Waals surface area (Å²) in [6, 6.07) is 11.7. The Labute approximate surface area is 183 Å². The number of rotatable bonds is 8. The molecule has 1 unspecified atom stereocenters. The van der Waals surface area contributed by atoms with Crippen molar-refractivity contribution in [2.75, 3.05) is 26.2 Å². The van der Waals surface area contributed by atoms with E-state index in [0.29, 0.717) is 12.1 Å². The predicted molar refractivity (Wildman–Crippen MR) is 126 cm³/mol. The smallest absolute Gasteiger partial charge is 0.317 e. The second-order valence-electron chi connectivity index (χ2n) is 8.58. The number of hydrogen-bond donors (Lipinski definition) is 1. The van der Waals surface area contributed by atoms with E-state index in [9.17, 15) is 4.79 Å². The summed E-state index contributed by atoms with van der Waals surface area (Å²) in [5.74, 6) is 0. The Morgan fingerprint density at radius 3 is 2.40 bits per heavy atom. The minimum Gasteiger partial charge on any atom is -0.335 e. The van der Waals surface area contributed by atoms with E-state index >= 15 is 0 Å². The van der Waals surface area contributed by atoms with Crippen LogP contribution in [0.4, 0.5) is 4.79 Å². The maximum atomic E-state index is 12.7. The van der Waals surface area contributed by atoms with Crippen molar-refractivity contribution in [2.45, 2.75) is 70.9 Å². The SMILES string of the molecule is CC/C=C\C(=C/CC)CC(c1ccccc1)N1CCN(C(=O)NC2CCCC2)CC1. The molecule has 2 amide bonds. The second-order valence-corrected chi connectivity index (χ2v) is 8.58. The molecule has 0 spiro atoms. The molecule has 1 saturated carbocycles. The largest absolute Gasteiger partial charge is 0.335 e. The summed E-state index contributed by atoms with van der Waals surface area (Å²) in [5.41, 5.74) is 2.78. The molecule has 2 aliphatic rings. The quantitative estimate of drug-likeness (QED) is 0.560. The van der Waals surface area contributed by atoms with Crippen LogP contribution in [0.5, 0.6) is 0 Å². The molecule has 164 valence electrons. The van der Waals surface area contributed by atoms with Gasteiger partial charge in [0.1, 0.15) is 0 Å². The van der Waals surface area contributed by atoms with Gasteiger partial charge in [-0.25, -0.2) is 4.79 Å². The maximum absolute atomic E-state index is 12.7. The van der Waals surface area contributed by atoms with Gasteiger partial charge in [-0.2, -0.15) is 0 Å². The van der Waals surface area contributed by atoms with Crippen molar-refractivity contribution in [1.82, 2.24) is 15.1 Å². The first kappa shape index (κ1) is 22.6. The highest BCUT2D eigenvalue weighted by molar-refractivity contribution is 5.74. The topological polar surface area (TPSA) is 35.6 Å². The molecule has 1 atom stereocenters. The monoisotopic (exact) mass is 409 g/mol. The number of allylic oxidation sites excluding steroid dienone is 3. The average molecular weight is 410 g/mol. The number of amides is 2. The van der Waals surface area contributed by atoms with Crippen molar-refractivity contribution in [3.63, 3.8) is 0 Å². The zero-order valence-electron chi connectivity index (χ0n) is 18.9. The van der Waals surface area contributed by atoms with Gasteiger partial charge in [-0.05, 0) is 37.7 Å². The minimum atomic E-state index is 0.134. The van der Waals surface area contributed by atoms with Gasteiger partial charge in [0.25, 0.3) is 0 Å². The molecule has 0 radical (unpaired) electrons. The number of carbonyl (C=O) groups is 1. The maximum Gasteiger partial charge on any atom is 0.317 e. The molecule has 1 aliphatic carbocycles. The first-order valence-electron chi connectivity index (χ1n) is 11.9. The molecule has 3 rings (SSSR count). The lowest BCUT2D eigenvalue weighted by Crippen LogP contribution is -2.53.